The highest BCUT2D eigenvalue weighted by atomic mass is 32.1. The highest BCUT2D eigenvalue weighted by Gasteiger charge is 2.28. The van der Waals surface area contributed by atoms with E-state index < -0.39 is 0 Å². The molecule has 0 atom stereocenters. The lowest BCUT2D eigenvalue weighted by Crippen LogP contribution is -2.38. The quantitative estimate of drug-likeness (QED) is 0.519. The number of piperidine rings is 1. The van der Waals surface area contributed by atoms with Crippen molar-refractivity contribution in [1.82, 2.24) is 14.9 Å². The molecule has 3 heterocycles. The second-order valence-corrected chi connectivity index (χ2v) is 9.08. The van der Waals surface area contributed by atoms with E-state index in [0.717, 1.165) is 35.7 Å². The van der Waals surface area contributed by atoms with Gasteiger partial charge in [0.2, 0.25) is 0 Å². The number of hydrogen-bond acceptors (Lipinski definition) is 6. The predicted molar refractivity (Wildman–Crippen MR) is 130 cm³/mol. The van der Waals surface area contributed by atoms with Crippen LogP contribution in [0.4, 0.5) is 5.82 Å². The minimum Gasteiger partial charge on any atom is -0.493 e. The van der Waals surface area contributed by atoms with Gasteiger partial charge < -0.3 is 15.0 Å². The Hall–Kier alpha value is -2.93. The number of ether oxygens (including phenoxy) is 1. The fourth-order valence-corrected chi connectivity index (χ4v) is 4.66. The summed E-state index contributed by atoms with van der Waals surface area (Å²) >= 11 is 1.67. The number of hydrogen-bond donors (Lipinski definition) is 1. The van der Waals surface area contributed by atoms with Gasteiger partial charge >= 0.3 is 0 Å². The summed E-state index contributed by atoms with van der Waals surface area (Å²) in [5, 5.41) is 7.61. The zero-order chi connectivity index (χ0) is 22.5. The maximum Gasteiger partial charge on any atom is 0.257 e. The molecule has 3 aromatic rings. The molecule has 1 aromatic carbocycles. The topological polar surface area (TPSA) is 67.3 Å². The van der Waals surface area contributed by atoms with E-state index in [2.05, 4.69) is 36.0 Å². The molecule has 1 fully saturated rings. The number of likely N-dealkylation sites (tertiary alicyclic amines) is 1. The molecule has 2 aromatic heterocycles. The van der Waals surface area contributed by atoms with Gasteiger partial charge in [-0.15, -0.1) is 0 Å². The molecule has 0 aliphatic carbocycles. The van der Waals surface area contributed by atoms with E-state index in [4.69, 9.17) is 14.7 Å². The van der Waals surface area contributed by atoms with Gasteiger partial charge in [0.05, 0.1) is 17.9 Å². The standard InChI is InChI=1S/C25H30N4O2S/c1-4-31-22-8-6-5-7-20(22)25(30)29-12-9-18(10-13-29)24-27-21(19-11-14-32-16-19)15-23(28-24)26-17(2)3/h5-8,11,14-18H,4,9-10,12-13H2,1-3H3,(H,26,27,28). The van der Waals surface area contributed by atoms with Gasteiger partial charge in [-0.3, -0.25) is 4.79 Å². The molecular formula is C25H30N4O2S. The highest BCUT2D eigenvalue weighted by molar-refractivity contribution is 7.08. The van der Waals surface area contributed by atoms with E-state index in [9.17, 15) is 4.79 Å². The third-order valence-electron chi connectivity index (χ3n) is 5.56. The zero-order valence-electron chi connectivity index (χ0n) is 18.9. The number of para-hydroxylation sites is 1. The van der Waals surface area contributed by atoms with E-state index in [1.807, 2.05) is 42.2 Å². The summed E-state index contributed by atoms with van der Waals surface area (Å²) in [7, 11) is 0. The molecule has 0 bridgehead atoms. The van der Waals surface area contributed by atoms with Crippen LogP contribution in [0, 0.1) is 0 Å². The Morgan fingerprint density at radius 1 is 1.22 bits per heavy atom. The number of nitrogens with zero attached hydrogens (tertiary/aromatic N) is 3. The summed E-state index contributed by atoms with van der Waals surface area (Å²) in [5.41, 5.74) is 2.70. The third-order valence-corrected chi connectivity index (χ3v) is 6.24. The fraction of sp³-hybridized carbons (Fsp3) is 0.400. The average Bonchev–Trinajstić information content (AvgIpc) is 3.34. The lowest BCUT2D eigenvalue weighted by molar-refractivity contribution is 0.0707. The molecule has 0 saturated carbocycles. The first kappa shape index (κ1) is 22.3. The van der Waals surface area contributed by atoms with Crippen LogP contribution in [0.1, 0.15) is 55.7 Å². The second-order valence-electron chi connectivity index (χ2n) is 8.30. The Bertz CT molecular complexity index is 1040. The summed E-state index contributed by atoms with van der Waals surface area (Å²) in [6.45, 7) is 8.05. The third kappa shape index (κ3) is 5.10. The van der Waals surface area contributed by atoms with Crippen LogP contribution in [-0.4, -0.2) is 46.5 Å². The van der Waals surface area contributed by atoms with Crippen LogP contribution in [0.2, 0.25) is 0 Å². The summed E-state index contributed by atoms with van der Waals surface area (Å²) in [5.74, 6) is 2.63. The fourth-order valence-electron chi connectivity index (χ4n) is 4.01. The van der Waals surface area contributed by atoms with Crippen LogP contribution >= 0.6 is 11.3 Å². The maximum absolute atomic E-state index is 13.1. The van der Waals surface area contributed by atoms with Crippen molar-refractivity contribution in [1.29, 1.82) is 0 Å². The van der Waals surface area contributed by atoms with Crippen molar-refractivity contribution in [3.8, 4) is 17.0 Å². The largest absolute Gasteiger partial charge is 0.493 e. The van der Waals surface area contributed by atoms with Crippen molar-refractivity contribution in [3.05, 3.63) is 58.5 Å². The zero-order valence-corrected chi connectivity index (χ0v) is 19.7. The Morgan fingerprint density at radius 2 is 2.00 bits per heavy atom. The number of nitrogens with one attached hydrogen (secondary N) is 1. The van der Waals surface area contributed by atoms with Gasteiger partial charge in [-0.05, 0) is 57.2 Å². The molecule has 1 amide bonds. The summed E-state index contributed by atoms with van der Waals surface area (Å²) in [6, 6.07) is 11.9. The summed E-state index contributed by atoms with van der Waals surface area (Å²) in [4.78, 5) is 24.8. The van der Waals surface area contributed by atoms with E-state index in [1.165, 1.54) is 0 Å². The van der Waals surface area contributed by atoms with Crippen LogP contribution in [0.25, 0.3) is 11.3 Å². The number of benzene rings is 1. The summed E-state index contributed by atoms with van der Waals surface area (Å²) < 4.78 is 5.66. The first-order valence-electron chi connectivity index (χ1n) is 11.2. The molecule has 1 saturated heterocycles. The number of anilines is 1. The van der Waals surface area contributed by atoms with Crippen molar-refractivity contribution in [2.45, 2.75) is 45.6 Å². The number of rotatable bonds is 7. The molecule has 4 rings (SSSR count). The molecule has 1 aliphatic heterocycles. The van der Waals surface area contributed by atoms with Gasteiger partial charge in [0.1, 0.15) is 17.4 Å². The highest BCUT2D eigenvalue weighted by Crippen LogP contribution is 2.31. The molecular weight excluding hydrogens is 420 g/mol. The SMILES string of the molecule is CCOc1ccccc1C(=O)N1CCC(c2nc(NC(C)C)cc(-c3ccsc3)n2)CC1. The Labute approximate surface area is 193 Å². The van der Waals surface area contributed by atoms with Crippen LogP contribution in [-0.2, 0) is 0 Å². The predicted octanol–water partition coefficient (Wildman–Crippen LogP) is 5.44. The lowest BCUT2D eigenvalue weighted by atomic mass is 9.95. The van der Waals surface area contributed by atoms with Crippen molar-refractivity contribution < 1.29 is 9.53 Å². The first-order chi connectivity index (χ1) is 15.5. The van der Waals surface area contributed by atoms with Gasteiger partial charge in [-0.25, -0.2) is 9.97 Å². The van der Waals surface area contributed by atoms with Crippen LogP contribution in [0.3, 0.4) is 0 Å². The molecule has 1 N–H and O–H groups in total. The molecule has 1 aliphatic rings. The van der Waals surface area contributed by atoms with Crippen molar-refractivity contribution in [2.75, 3.05) is 25.0 Å². The molecule has 0 radical (unpaired) electrons. The lowest BCUT2D eigenvalue weighted by Gasteiger charge is -2.32. The maximum atomic E-state index is 13.1. The number of amides is 1. The van der Waals surface area contributed by atoms with Gasteiger partial charge in [0.15, 0.2) is 0 Å². The van der Waals surface area contributed by atoms with Crippen LogP contribution in [0.15, 0.2) is 47.2 Å². The molecule has 0 unspecified atom stereocenters. The van der Waals surface area contributed by atoms with E-state index in [1.54, 1.807) is 11.3 Å². The number of carbonyl (C=O) groups is 1. The van der Waals surface area contributed by atoms with Crippen molar-refractivity contribution in [3.63, 3.8) is 0 Å². The van der Waals surface area contributed by atoms with Gasteiger partial charge in [0, 0.05) is 42.1 Å². The first-order valence-corrected chi connectivity index (χ1v) is 12.2. The van der Waals surface area contributed by atoms with E-state index >= 15 is 0 Å². The monoisotopic (exact) mass is 450 g/mol. The normalized spacial score (nSPS) is 14.6. The van der Waals surface area contributed by atoms with E-state index in [0.29, 0.717) is 31.0 Å². The molecule has 32 heavy (non-hydrogen) atoms. The number of aromatic nitrogens is 2. The van der Waals surface area contributed by atoms with Gasteiger partial charge in [-0.1, -0.05) is 12.1 Å². The Balaban J connectivity index is 1.50. The van der Waals surface area contributed by atoms with Crippen molar-refractivity contribution >= 4 is 23.1 Å². The minimum atomic E-state index is 0.0302. The van der Waals surface area contributed by atoms with E-state index in [-0.39, 0.29) is 17.9 Å². The average molecular weight is 451 g/mol. The molecule has 0 spiro atoms. The molecule has 7 heteroatoms. The summed E-state index contributed by atoms with van der Waals surface area (Å²) in [6.07, 6.45) is 1.69. The van der Waals surface area contributed by atoms with Gasteiger partial charge in [0.25, 0.3) is 5.91 Å². The number of carbonyl (C=O) groups excluding carboxylic acids is 1. The number of thiophene rings is 1. The molecule has 6 nitrogen and oxygen atoms in total. The second kappa shape index (κ2) is 10.1. The smallest absolute Gasteiger partial charge is 0.257 e. The Kier molecular flexibility index (Phi) is 7.05. The Morgan fingerprint density at radius 3 is 2.69 bits per heavy atom. The van der Waals surface area contributed by atoms with Crippen molar-refractivity contribution in [2.24, 2.45) is 0 Å². The minimum absolute atomic E-state index is 0.0302. The van der Waals surface area contributed by atoms with Crippen LogP contribution < -0.4 is 10.1 Å². The van der Waals surface area contributed by atoms with Gasteiger partial charge in [-0.2, -0.15) is 11.3 Å². The molecule has 168 valence electrons. The van der Waals surface area contributed by atoms with Crippen LogP contribution in [0.5, 0.6) is 5.75 Å².